The van der Waals surface area contributed by atoms with E-state index >= 15 is 0 Å². The van der Waals surface area contributed by atoms with E-state index < -0.39 is 0 Å². The van der Waals surface area contributed by atoms with Gasteiger partial charge in [-0.15, -0.1) is 0 Å². The molecule has 0 atom stereocenters. The second-order valence-corrected chi connectivity index (χ2v) is 6.57. The van der Waals surface area contributed by atoms with Crippen molar-refractivity contribution < 1.29 is 9.47 Å². The van der Waals surface area contributed by atoms with Crippen LogP contribution >= 0.6 is 0 Å². The molecule has 24 heavy (non-hydrogen) atoms. The molecule has 0 radical (unpaired) electrons. The number of methoxy groups -OCH3 is 1. The topological polar surface area (TPSA) is 68.9 Å². The zero-order valence-corrected chi connectivity index (χ0v) is 15.0. The molecule has 0 amide bonds. The molecule has 2 rings (SSSR count). The van der Waals surface area contributed by atoms with Gasteiger partial charge >= 0.3 is 0 Å². The maximum absolute atomic E-state index is 6.13. The van der Waals surface area contributed by atoms with Gasteiger partial charge in [-0.25, -0.2) is 0 Å². The van der Waals surface area contributed by atoms with Gasteiger partial charge < -0.3 is 20.5 Å². The van der Waals surface area contributed by atoms with E-state index in [0.717, 1.165) is 37.4 Å². The van der Waals surface area contributed by atoms with Crippen molar-refractivity contribution >= 4 is 11.6 Å². The number of para-hydroxylation sites is 1. The average molecular weight is 333 g/mol. The smallest absolute Gasteiger partial charge is 0.193 e. The summed E-state index contributed by atoms with van der Waals surface area (Å²) >= 11 is 0. The summed E-state index contributed by atoms with van der Waals surface area (Å²) in [6.07, 6.45) is 6.07. The number of nitrogens with two attached hydrogens (primary N) is 1. The van der Waals surface area contributed by atoms with E-state index in [-0.39, 0.29) is 5.41 Å². The SMILES string of the molecule is CCOCCC1(CN=C(N)Nc2ccccc2COC)CCCC1. The first kappa shape index (κ1) is 18.7. The molecule has 0 aliphatic heterocycles. The van der Waals surface area contributed by atoms with E-state index in [4.69, 9.17) is 15.2 Å². The molecule has 0 aromatic heterocycles. The Morgan fingerprint density at radius 3 is 2.75 bits per heavy atom. The fraction of sp³-hybridized carbons (Fsp3) is 0.632. The molecular weight excluding hydrogens is 302 g/mol. The zero-order valence-electron chi connectivity index (χ0n) is 15.0. The molecule has 1 aliphatic rings. The maximum atomic E-state index is 6.13. The fourth-order valence-corrected chi connectivity index (χ4v) is 3.40. The highest BCUT2D eigenvalue weighted by molar-refractivity contribution is 5.93. The van der Waals surface area contributed by atoms with Crippen LogP contribution in [0.3, 0.4) is 0 Å². The highest BCUT2D eigenvalue weighted by Crippen LogP contribution is 2.41. The summed E-state index contributed by atoms with van der Waals surface area (Å²) in [5.41, 5.74) is 8.42. The Labute approximate surface area is 145 Å². The van der Waals surface area contributed by atoms with Crippen LogP contribution in [-0.2, 0) is 16.1 Å². The third kappa shape index (κ3) is 5.49. The van der Waals surface area contributed by atoms with E-state index in [1.165, 1.54) is 25.7 Å². The van der Waals surface area contributed by atoms with E-state index in [1.54, 1.807) is 7.11 Å². The summed E-state index contributed by atoms with van der Waals surface area (Å²) in [7, 11) is 1.69. The second-order valence-electron chi connectivity index (χ2n) is 6.57. The van der Waals surface area contributed by atoms with Crippen molar-refractivity contribution in [2.75, 3.05) is 32.2 Å². The van der Waals surface area contributed by atoms with Gasteiger partial charge in [0.25, 0.3) is 0 Å². The largest absolute Gasteiger partial charge is 0.382 e. The van der Waals surface area contributed by atoms with Gasteiger partial charge in [-0.05, 0) is 37.7 Å². The van der Waals surface area contributed by atoms with Gasteiger partial charge in [0.2, 0.25) is 0 Å². The van der Waals surface area contributed by atoms with Gasteiger partial charge in [-0.1, -0.05) is 31.0 Å². The van der Waals surface area contributed by atoms with Gasteiger partial charge in [0.05, 0.1) is 6.61 Å². The van der Waals surface area contributed by atoms with Crippen LogP contribution in [0.15, 0.2) is 29.3 Å². The van der Waals surface area contributed by atoms with Crippen LogP contribution in [0.25, 0.3) is 0 Å². The van der Waals surface area contributed by atoms with Gasteiger partial charge in [0, 0.05) is 38.1 Å². The summed E-state index contributed by atoms with van der Waals surface area (Å²) in [5.74, 6) is 0.473. The molecule has 0 heterocycles. The molecule has 3 N–H and O–H groups in total. The zero-order chi connectivity index (χ0) is 17.3. The normalized spacial score (nSPS) is 17.2. The third-order valence-corrected chi connectivity index (χ3v) is 4.81. The van der Waals surface area contributed by atoms with Crippen LogP contribution in [0.5, 0.6) is 0 Å². The summed E-state index contributed by atoms with van der Waals surface area (Å²) in [6.45, 7) is 4.95. The molecule has 134 valence electrons. The number of aliphatic imine (C=N–C) groups is 1. The fourth-order valence-electron chi connectivity index (χ4n) is 3.40. The highest BCUT2D eigenvalue weighted by Gasteiger charge is 2.33. The Morgan fingerprint density at radius 1 is 1.29 bits per heavy atom. The quantitative estimate of drug-likeness (QED) is 0.412. The average Bonchev–Trinajstić information content (AvgIpc) is 3.05. The third-order valence-electron chi connectivity index (χ3n) is 4.81. The maximum Gasteiger partial charge on any atom is 0.193 e. The van der Waals surface area contributed by atoms with Crippen LogP contribution < -0.4 is 11.1 Å². The van der Waals surface area contributed by atoms with Crippen molar-refractivity contribution in [3.8, 4) is 0 Å². The molecule has 1 aromatic carbocycles. The van der Waals surface area contributed by atoms with Crippen molar-refractivity contribution in [2.45, 2.75) is 45.6 Å². The lowest BCUT2D eigenvalue weighted by atomic mass is 9.83. The standard InChI is InChI=1S/C19H31N3O2/c1-3-24-13-12-19(10-6-7-11-19)15-21-18(20)22-17-9-5-4-8-16(17)14-23-2/h4-5,8-9H,3,6-7,10-15H2,1-2H3,(H3,20,21,22). The minimum absolute atomic E-state index is 0.257. The molecule has 0 bridgehead atoms. The molecule has 5 nitrogen and oxygen atoms in total. The number of nitrogens with zero attached hydrogens (tertiary/aromatic N) is 1. The Hall–Kier alpha value is -1.59. The van der Waals surface area contributed by atoms with E-state index in [0.29, 0.717) is 12.6 Å². The second kappa shape index (κ2) is 9.64. The van der Waals surface area contributed by atoms with Gasteiger partial charge in [0.15, 0.2) is 5.96 Å². The molecule has 1 saturated carbocycles. The first-order chi connectivity index (χ1) is 11.7. The number of guanidine groups is 1. The van der Waals surface area contributed by atoms with E-state index in [1.807, 2.05) is 31.2 Å². The van der Waals surface area contributed by atoms with Gasteiger partial charge in [0.1, 0.15) is 0 Å². The lowest BCUT2D eigenvalue weighted by molar-refractivity contribution is 0.107. The Morgan fingerprint density at radius 2 is 2.04 bits per heavy atom. The first-order valence-electron chi connectivity index (χ1n) is 8.91. The summed E-state index contributed by atoms with van der Waals surface area (Å²) < 4.78 is 10.8. The highest BCUT2D eigenvalue weighted by atomic mass is 16.5. The molecule has 1 aliphatic carbocycles. The number of hydrogen-bond acceptors (Lipinski definition) is 3. The lowest BCUT2D eigenvalue weighted by Crippen LogP contribution is -2.28. The van der Waals surface area contributed by atoms with Crippen molar-refractivity contribution in [3.05, 3.63) is 29.8 Å². The van der Waals surface area contributed by atoms with Crippen LogP contribution in [0.4, 0.5) is 5.69 Å². The molecule has 1 fully saturated rings. The van der Waals surface area contributed by atoms with Crippen molar-refractivity contribution in [3.63, 3.8) is 0 Å². The summed E-state index contributed by atoms with van der Waals surface area (Å²) in [5, 5.41) is 3.22. The number of rotatable bonds is 9. The molecule has 1 aromatic rings. The van der Waals surface area contributed by atoms with Crippen LogP contribution in [0.1, 0.15) is 44.6 Å². The summed E-state index contributed by atoms with van der Waals surface area (Å²) in [6, 6.07) is 8.00. The minimum atomic E-state index is 0.257. The van der Waals surface area contributed by atoms with Crippen LogP contribution in [0, 0.1) is 5.41 Å². The molecular formula is C19H31N3O2. The van der Waals surface area contributed by atoms with Gasteiger partial charge in [-0.2, -0.15) is 0 Å². The molecule has 0 saturated heterocycles. The van der Waals surface area contributed by atoms with Crippen LogP contribution in [0.2, 0.25) is 0 Å². The van der Waals surface area contributed by atoms with Gasteiger partial charge in [-0.3, -0.25) is 4.99 Å². The minimum Gasteiger partial charge on any atom is -0.382 e. The first-order valence-corrected chi connectivity index (χ1v) is 8.91. The number of benzene rings is 1. The molecule has 0 spiro atoms. The predicted molar refractivity (Wildman–Crippen MR) is 99.3 cm³/mol. The van der Waals surface area contributed by atoms with Crippen molar-refractivity contribution in [1.29, 1.82) is 0 Å². The summed E-state index contributed by atoms with van der Waals surface area (Å²) in [4.78, 5) is 4.64. The van der Waals surface area contributed by atoms with Crippen LogP contribution in [-0.4, -0.2) is 32.8 Å². The van der Waals surface area contributed by atoms with E-state index in [2.05, 4.69) is 10.3 Å². The monoisotopic (exact) mass is 333 g/mol. The Balaban J connectivity index is 1.97. The lowest BCUT2D eigenvalue weighted by Gasteiger charge is -2.27. The Kier molecular flexibility index (Phi) is 7.53. The van der Waals surface area contributed by atoms with E-state index in [9.17, 15) is 0 Å². The number of ether oxygens (including phenoxy) is 2. The molecule has 5 heteroatoms. The number of hydrogen-bond donors (Lipinski definition) is 2. The van der Waals surface area contributed by atoms with Crippen molar-refractivity contribution in [1.82, 2.24) is 0 Å². The predicted octanol–water partition coefficient (Wildman–Crippen LogP) is 3.55. The number of nitrogens with one attached hydrogen (secondary N) is 1. The van der Waals surface area contributed by atoms with Crippen molar-refractivity contribution in [2.24, 2.45) is 16.1 Å². The number of anilines is 1. The molecule has 0 unspecified atom stereocenters. The Bertz CT molecular complexity index is 525.